The molecule has 0 unspecified atom stereocenters. The van der Waals surface area contributed by atoms with Gasteiger partial charge >= 0.3 is 0 Å². The number of rotatable bonds is 9. The van der Waals surface area contributed by atoms with Crippen molar-refractivity contribution in [3.63, 3.8) is 0 Å². The smallest absolute Gasteiger partial charge is 0.277 e. The zero-order chi connectivity index (χ0) is 21.2. The molecule has 0 atom stereocenters. The number of nitrogens with one attached hydrogen (secondary N) is 1. The number of halogens is 1. The molecular formula is C23H21ClN2O4. The third-order valence-corrected chi connectivity index (χ3v) is 4.26. The van der Waals surface area contributed by atoms with Gasteiger partial charge in [-0.2, -0.15) is 5.10 Å². The maximum Gasteiger partial charge on any atom is 0.277 e. The molecule has 0 spiro atoms. The maximum absolute atomic E-state index is 11.9. The SMILES string of the molecule is COc1ccccc1OCC(=O)N/N=C\c1cccc(OCc2ccc(Cl)cc2)c1. The van der Waals surface area contributed by atoms with Crippen LogP contribution in [0.4, 0.5) is 0 Å². The van der Waals surface area contributed by atoms with E-state index in [9.17, 15) is 4.79 Å². The molecule has 0 aliphatic heterocycles. The first-order valence-corrected chi connectivity index (χ1v) is 9.57. The summed E-state index contributed by atoms with van der Waals surface area (Å²) in [7, 11) is 1.54. The van der Waals surface area contributed by atoms with Gasteiger partial charge in [-0.3, -0.25) is 4.79 Å². The van der Waals surface area contributed by atoms with Crippen molar-refractivity contribution < 1.29 is 19.0 Å². The molecule has 154 valence electrons. The van der Waals surface area contributed by atoms with Crippen molar-refractivity contribution in [3.8, 4) is 17.2 Å². The van der Waals surface area contributed by atoms with Gasteiger partial charge in [0.2, 0.25) is 0 Å². The zero-order valence-corrected chi connectivity index (χ0v) is 17.1. The molecule has 0 aliphatic carbocycles. The fraction of sp³-hybridized carbons (Fsp3) is 0.130. The van der Waals surface area contributed by atoms with Crippen molar-refractivity contribution in [2.75, 3.05) is 13.7 Å². The maximum atomic E-state index is 11.9. The van der Waals surface area contributed by atoms with E-state index in [1.165, 1.54) is 6.21 Å². The van der Waals surface area contributed by atoms with Crippen molar-refractivity contribution in [1.29, 1.82) is 0 Å². The number of methoxy groups -OCH3 is 1. The number of ether oxygens (including phenoxy) is 3. The largest absolute Gasteiger partial charge is 0.493 e. The van der Waals surface area contributed by atoms with Gasteiger partial charge < -0.3 is 14.2 Å². The Morgan fingerprint density at radius 1 is 1.00 bits per heavy atom. The Hall–Kier alpha value is -3.51. The van der Waals surface area contributed by atoms with Gasteiger partial charge in [0, 0.05) is 5.02 Å². The fourth-order valence-electron chi connectivity index (χ4n) is 2.52. The van der Waals surface area contributed by atoms with Crippen molar-refractivity contribution in [2.24, 2.45) is 5.10 Å². The first kappa shape index (κ1) is 21.2. The van der Waals surface area contributed by atoms with Gasteiger partial charge in [0.05, 0.1) is 13.3 Å². The molecule has 7 heteroatoms. The Bertz CT molecular complexity index is 1010. The van der Waals surface area contributed by atoms with Gasteiger partial charge in [-0.25, -0.2) is 5.43 Å². The summed E-state index contributed by atoms with van der Waals surface area (Å²) in [5, 5.41) is 4.65. The highest BCUT2D eigenvalue weighted by atomic mass is 35.5. The number of carbonyl (C=O) groups excluding carboxylic acids is 1. The third kappa shape index (κ3) is 6.53. The van der Waals surface area contributed by atoms with Gasteiger partial charge in [0.15, 0.2) is 18.1 Å². The van der Waals surface area contributed by atoms with Crippen LogP contribution in [0.3, 0.4) is 0 Å². The van der Waals surface area contributed by atoms with Crippen LogP contribution in [0.25, 0.3) is 0 Å². The van der Waals surface area contributed by atoms with Crippen LogP contribution in [0, 0.1) is 0 Å². The van der Waals surface area contributed by atoms with Crippen LogP contribution in [0.5, 0.6) is 17.2 Å². The number of hydrogen-bond acceptors (Lipinski definition) is 5. The number of benzene rings is 3. The van der Waals surface area contributed by atoms with E-state index in [0.717, 1.165) is 11.1 Å². The first-order valence-electron chi connectivity index (χ1n) is 9.19. The van der Waals surface area contributed by atoms with E-state index in [1.807, 2.05) is 54.6 Å². The molecule has 0 saturated carbocycles. The highest BCUT2D eigenvalue weighted by Gasteiger charge is 2.06. The lowest BCUT2D eigenvalue weighted by Crippen LogP contribution is -2.24. The van der Waals surface area contributed by atoms with E-state index in [1.54, 1.807) is 25.3 Å². The third-order valence-electron chi connectivity index (χ3n) is 4.01. The van der Waals surface area contributed by atoms with E-state index >= 15 is 0 Å². The molecule has 1 N–H and O–H groups in total. The van der Waals surface area contributed by atoms with Gasteiger partial charge in [0.25, 0.3) is 5.91 Å². The summed E-state index contributed by atoms with van der Waals surface area (Å²) in [6.07, 6.45) is 1.54. The molecule has 0 saturated heterocycles. The molecule has 0 heterocycles. The monoisotopic (exact) mass is 424 g/mol. The summed E-state index contributed by atoms with van der Waals surface area (Å²) >= 11 is 5.89. The number of hydrogen-bond donors (Lipinski definition) is 1. The van der Waals surface area contributed by atoms with Crippen molar-refractivity contribution >= 4 is 23.7 Å². The Labute approximate surface area is 180 Å². The Morgan fingerprint density at radius 3 is 2.53 bits per heavy atom. The molecule has 3 aromatic carbocycles. The highest BCUT2D eigenvalue weighted by Crippen LogP contribution is 2.25. The first-order chi connectivity index (χ1) is 14.6. The summed E-state index contributed by atoms with van der Waals surface area (Å²) < 4.78 is 16.4. The highest BCUT2D eigenvalue weighted by molar-refractivity contribution is 6.30. The van der Waals surface area contributed by atoms with E-state index < -0.39 is 0 Å². The molecular weight excluding hydrogens is 404 g/mol. The summed E-state index contributed by atoms with van der Waals surface area (Å²) in [5.41, 5.74) is 4.23. The number of nitrogens with zero attached hydrogens (tertiary/aromatic N) is 1. The molecule has 0 aliphatic rings. The van der Waals surface area contributed by atoms with Crippen LogP contribution in [-0.2, 0) is 11.4 Å². The fourth-order valence-corrected chi connectivity index (χ4v) is 2.65. The lowest BCUT2D eigenvalue weighted by molar-refractivity contribution is -0.123. The van der Waals surface area contributed by atoms with Gasteiger partial charge in [0.1, 0.15) is 12.4 Å². The van der Waals surface area contributed by atoms with Crippen LogP contribution in [0.15, 0.2) is 77.9 Å². The Morgan fingerprint density at radius 2 is 1.77 bits per heavy atom. The number of carbonyl (C=O) groups is 1. The molecule has 0 aromatic heterocycles. The summed E-state index contributed by atoms with van der Waals surface area (Å²) in [5.74, 6) is 1.36. The molecule has 0 radical (unpaired) electrons. The summed E-state index contributed by atoms with van der Waals surface area (Å²) in [4.78, 5) is 11.9. The van der Waals surface area contributed by atoms with Gasteiger partial charge in [-0.1, -0.05) is 48.0 Å². The average Bonchev–Trinajstić information content (AvgIpc) is 2.78. The second-order valence-corrected chi connectivity index (χ2v) is 6.66. The normalized spacial score (nSPS) is 10.6. The van der Waals surface area contributed by atoms with Crippen molar-refractivity contribution in [1.82, 2.24) is 5.43 Å². The lowest BCUT2D eigenvalue weighted by Gasteiger charge is -2.09. The minimum Gasteiger partial charge on any atom is -0.493 e. The van der Waals surface area contributed by atoms with E-state index in [2.05, 4.69) is 10.5 Å². The molecule has 30 heavy (non-hydrogen) atoms. The number of para-hydroxylation sites is 2. The van der Waals surface area contributed by atoms with Gasteiger partial charge in [-0.05, 0) is 47.5 Å². The minimum atomic E-state index is -0.382. The molecule has 3 rings (SSSR count). The van der Waals surface area contributed by atoms with Crippen LogP contribution < -0.4 is 19.6 Å². The Balaban J connectivity index is 1.48. The average molecular weight is 425 g/mol. The molecule has 0 fully saturated rings. The van der Waals surface area contributed by atoms with Crippen molar-refractivity contribution in [3.05, 3.63) is 88.9 Å². The lowest BCUT2D eigenvalue weighted by atomic mass is 10.2. The van der Waals surface area contributed by atoms with Crippen LogP contribution in [0.1, 0.15) is 11.1 Å². The summed E-state index contributed by atoms with van der Waals surface area (Å²) in [6.45, 7) is 0.247. The minimum absolute atomic E-state index is 0.179. The molecule has 3 aromatic rings. The second kappa shape index (κ2) is 10.9. The Kier molecular flexibility index (Phi) is 7.69. The van der Waals surface area contributed by atoms with Gasteiger partial charge in [-0.15, -0.1) is 0 Å². The van der Waals surface area contributed by atoms with Crippen molar-refractivity contribution in [2.45, 2.75) is 6.61 Å². The molecule has 0 bridgehead atoms. The number of amides is 1. The van der Waals surface area contributed by atoms with E-state index in [4.69, 9.17) is 25.8 Å². The summed E-state index contributed by atoms with van der Waals surface area (Å²) in [6, 6.07) is 22.0. The predicted octanol–water partition coefficient (Wildman–Crippen LogP) is 4.46. The van der Waals surface area contributed by atoms with E-state index in [-0.39, 0.29) is 12.5 Å². The van der Waals surface area contributed by atoms with Crippen LogP contribution >= 0.6 is 11.6 Å². The standard InChI is InChI=1S/C23H21ClN2O4/c1-28-21-7-2-3-8-22(21)30-16-23(27)26-25-14-18-5-4-6-20(13-18)29-15-17-9-11-19(24)12-10-17/h2-14H,15-16H2,1H3,(H,26,27)/b25-14-. The van der Waals surface area contributed by atoms with Crippen LogP contribution in [-0.4, -0.2) is 25.8 Å². The van der Waals surface area contributed by atoms with Crippen LogP contribution in [0.2, 0.25) is 5.02 Å². The molecule has 6 nitrogen and oxygen atoms in total. The topological polar surface area (TPSA) is 69.2 Å². The molecule has 1 amide bonds. The zero-order valence-electron chi connectivity index (χ0n) is 16.4. The number of hydrazone groups is 1. The van der Waals surface area contributed by atoms with E-state index in [0.29, 0.717) is 28.9 Å². The second-order valence-electron chi connectivity index (χ2n) is 6.22. The quantitative estimate of drug-likeness (QED) is 0.407. The predicted molar refractivity (Wildman–Crippen MR) is 116 cm³/mol.